The topological polar surface area (TPSA) is 38.0 Å². The third-order valence-electron chi connectivity index (χ3n) is 2.88. The van der Waals surface area contributed by atoms with Crippen LogP contribution < -0.4 is 0 Å². The molecule has 1 heterocycles. The van der Waals surface area contributed by atoms with Crippen molar-refractivity contribution < 1.29 is 13.9 Å². The predicted octanol–water partition coefficient (Wildman–Crippen LogP) is 2.36. The number of hydrogen-bond donors (Lipinski definition) is 1. The zero-order valence-electron chi connectivity index (χ0n) is 9.98. The van der Waals surface area contributed by atoms with Crippen molar-refractivity contribution in [1.29, 1.82) is 0 Å². The molecular weight excluding hydrogens is 238 g/mol. The van der Waals surface area contributed by atoms with Crippen LogP contribution in [0.15, 0.2) is 30.6 Å². The number of aromatic nitrogens is 2. The molecule has 0 bridgehead atoms. The predicted molar refractivity (Wildman–Crippen MR) is 62.8 cm³/mol. The van der Waals surface area contributed by atoms with E-state index >= 15 is 0 Å². The van der Waals surface area contributed by atoms with Crippen LogP contribution >= 0.6 is 0 Å². The van der Waals surface area contributed by atoms with Gasteiger partial charge in [-0.1, -0.05) is 0 Å². The number of rotatable bonds is 4. The van der Waals surface area contributed by atoms with E-state index in [2.05, 4.69) is 4.98 Å². The summed E-state index contributed by atoms with van der Waals surface area (Å²) >= 11 is 0. The Hall–Kier alpha value is -1.75. The highest BCUT2D eigenvalue weighted by molar-refractivity contribution is 5.21. The first kappa shape index (κ1) is 12.7. The van der Waals surface area contributed by atoms with Crippen LogP contribution in [0.1, 0.15) is 23.9 Å². The Morgan fingerprint density at radius 1 is 1.39 bits per heavy atom. The van der Waals surface area contributed by atoms with E-state index in [1.807, 2.05) is 11.6 Å². The van der Waals surface area contributed by atoms with Crippen molar-refractivity contribution in [3.63, 3.8) is 0 Å². The second-order valence-corrected chi connectivity index (χ2v) is 4.17. The number of hydrogen-bond acceptors (Lipinski definition) is 2. The number of nitrogens with zero attached hydrogens (tertiary/aromatic N) is 2. The van der Waals surface area contributed by atoms with Gasteiger partial charge in [0, 0.05) is 31.4 Å². The van der Waals surface area contributed by atoms with Crippen LogP contribution in [-0.2, 0) is 13.5 Å². The Labute approximate surface area is 104 Å². The van der Waals surface area contributed by atoms with Gasteiger partial charge in [-0.25, -0.2) is 13.8 Å². The molecule has 1 N–H and O–H groups in total. The molecular formula is C13H14F2N2O. The van der Waals surface area contributed by atoms with Crippen molar-refractivity contribution in [2.24, 2.45) is 7.05 Å². The van der Waals surface area contributed by atoms with Gasteiger partial charge in [0.05, 0.1) is 6.10 Å². The van der Waals surface area contributed by atoms with Crippen LogP contribution in [0.5, 0.6) is 0 Å². The molecule has 0 radical (unpaired) electrons. The molecule has 0 saturated carbocycles. The van der Waals surface area contributed by atoms with Gasteiger partial charge in [0.15, 0.2) is 0 Å². The van der Waals surface area contributed by atoms with Crippen molar-refractivity contribution in [3.05, 3.63) is 53.6 Å². The standard InChI is InChI=1S/C13H14F2N2O/c1-17-7-6-16-13(17)5-4-12(18)10-8-9(14)2-3-11(10)15/h2-3,6-8,12,18H,4-5H2,1H3. The lowest BCUT2D eigenvalue weighted by molar-refractivity contribution is 0.161. The second-order valence-electron chi connectivity index (χ2n) is 4.17. The lowest BCUT2D eigenvalue weighted by Crippen LogP contribution is -2.05. The van der Waals surface area contributed by atoms with Gasteiger partial charge in [-0.2, -0.15) is 0 Å². The monoisotopic (exact) mass is 252 g/mol. The largest absolute Gasteiger partial charge is 0.388 e. The minimum Gasteiger partial charge on any atom is -0.388 e. The highest BCUT2D eigenvalue weighted by Crippen LogP contribution is 2.22. The number of aliphatic hydroxyl groups is 1. The van der Waals surface area contributed by atoms with Gasteiger partial charge in [-0.3, -0.25) is 0 Å². The summed E-state index contributed by atoms with van der Waals surface area (Å²) in [5, 5.41) is 9.87. The molecule has 2 rings (SSSR count). The molecule has 3 nitrogen and oxygen atoms in total. The minimum absolute atomic E-state index is 0.00999. The van der Waals surface area contributed by atoms with Crippen molar-refractivity contribution in [1.82, 2.24) is 9.55 Å². The highest BCUT2D eigenvalue weighted by atomic mass is 19.1. The zero-order chi connectivity index (χ0) is 13.1. The summed E-state index contributed by atoms with van der Waals surface area (Å²) < 4.78 is 28.2. The smallest absolute Gasteiger partial charge is 0.129 e. The summed E-state index contributed by atoms with van der Waals surface area (Å²) in [4.78, 5) is 4.11. The van der Waals surface area contributed by atoms with E-state index < -0.39 is 17.7 Å². The van der Waals surface area contributed by atoms with Crippen molar-refractivity contribution in [3.8, 4) is 0 Å². The first-order valence-corrected chi connectivity index (χ1v) is 5.67. The normalized spacial score (nSPS) is 12.7. The fraction of sp³-hybridized carbons (Fsp3) is 0.308. The molecule has 0 aliphatic heterocycles. The van der Waals surface area contributed by atoms with E-state index in [0.717, 1.165) is 24.0 Å². The summed E-state index contributed by atoms with van der Waals surface area (Å²) in [7, 11) is 1.84. The van der Waals surface area contributed by atoms with Crippen molar-refractivity contribution in [2.75, 3.05) is 0 Å². The maximum absolute atomic E-state index is 13.4. The van der Waals surface area contributed by atoms with E-state index in [-0.39, 0.29) is 5.56 Å². The molecule has 0 aliphatic carbocycles. The number of imidazole rings is 1. The lowest BCUT2D eigenvalue weighted by atomic mass is 10.0. The molecule has 0 spiro atoms. The van der Waals surface area contributed by atoms with Crippen molar-refractivity contribution >= 4 is 0 Å². The average molecular weight is 252 g/mol. The average Bonchev–Trinajstić information content (AvgIpc) is 2.75. The van der Waals surface area contributed by atoms with Crippen LogP contribution in [0.3, 0.4) is 0 Å². The molecule has 18 heavy (non-hydrogen) atoms. The molecule has 0 saturated heterocycles. The third kappa shape index (κ3) is 2.73. The summed E-state index contributed by atoms with van der Waals surface area (Å²) in [6.07, 6.45) is 3.22. The zero-order valence-corrected chi connectivity index (χ0v) is 9.98. The molecule has 5 heteroatoms. The van der Waals surface area contributed by atoms with Crippen LogP contribution in [0, 0.1) is 11.6 Å². The Balaban J connectivity index is 2.06. The number of aliphatic hydroxyl groups excluding tert-OH is 1. The first-order valence-electron chi connectivity index (χ1n) is 5.67. The number of benzene rings is 1. The molecule has 0 aliphatic rings. The van der Waals surface area contributed by atoms with Gasteiger partial charge in [0.1, 0.15) is 17.5 Å². The Kier molecular flexibility index (Phi) is 3.72. The molecule has 2 aromatic rings. The molecule has 1 aromatic heterocycles. The fourth-order valence-electron chi connectivity index (χ4n) is 1.83. The van der Waals surface area contributed by atoms with Gasteiger partial charge >= 0.3 is 0 Å². The summed E-state index contributed by atoms with van der Waals surface area (Å²) in [5.41, 5.74) is -0.00999. The Morgan fingerprint density at radius 2 is 2.17 bits per heavy atom. The summed E-state index contributed by atoms with van der Waals surface area (Å²) in [5.74, 6) is -0.350. The third-order valence-corrected chi connectivity index (χ3v) is 2.88. The van der Waals surface area contributed by atoms with Crippen LogP contribution in [0.2, 0.25) is 0 Å². The quantitative estimate of drug-likeness (QED) is 0.907. The number of halogens is 2. The second kappa shape index (κ2) is 5.27. The summed E-state index contributed by atoms with van der Waals surface area (Å²) in [6.45, 7) is 0. The van der Waals surface area contributed by atoms with E-state index in [4.69, 9.17) is 0 Å². The summed E-state index contributed by atoms with van der Waals surface area (Å²) in [6, 6.07) is 3.08. The Morgan fingerprint density at radius 3 is 2.83 bits per heavy atom. The molecule has 0 fully saturated rings. The van der Waals surface area contributed by atoms with E-state index in [0.29, 0.717) is 12.8 Å². The van der Waals surface area contributed by atoms with Crippen LogP contribution in [0.25, 0.3) is 0 Å². The van der Waals surface area contributed by atoms with Crippen molar-refractivity contribution in [2.45, 2.75) is 18.9 Å². The maximum Gasteiger partial charge on any atom is 0.129 e. The van der Waals surface area contributed by atoms with Gasteiger partial charge < -0.3 is 9.67 Å². The maximum atomic E-state index is 13.4. The van der Waals surface area contributed by atoms with Crippen LogP contribution in [-0.4, -0.2) is 14.7 Å². The van der Waals surface area contributed by atoms with Gasteiger partial charge in [0.25, 0.3) is 0 Å². The first-order chi connectivity index (χ1) is 8.58. The molecule has 1 atom stereocenters. The van der Waals surface area contributed by atoms with E-state index in [1.54, 1.807) is 12.4 Å². The SMILES string of the molecule is Cn1ccnc1CCC(O)c1cc(F)ccc1F. The Bertz CT molecular complexity index is 540. The van der Waals surface area contributed by atoms with E-state index in [1.165, 1.54) is 0 Å². The molecule has 1 unspecified atom stereocenters. The molecule has 0 amide bonds. The highest BCUT2D eigenvalue weighted by Gasteiger charge is 2.14. The van der Waals surface area contributed by atoms with Gasteiger partial charge in [0.2, 0.25) is 0 Å². The van der Waals surface area contributed by atoms with Gasteiger partial charge in [-0.05, 0) is 24.6 Å². The molecule has 1 aromatic carbocycles. The molecule has 96 valence electrons. The lowest BCUT2D eigenvalue weighted by Gasteiger charge is -2.11. The number of aryl methyl sites for hydroxylation is 2. The van der Waals surface area contributed by atoms with Gasteiger partial charge in [-0.15, -0.1) is 0 Å². The van der Waals surface area contributed by atoms with E-state index in [9.17, 15) is 13.9 Å². The minimum atomic E-state index is -1.03. The fourth-order valence-corrected chi connectivity index (χ4v) is 1.83. The van der Waals surface area contributed by atoms with Crippen LogP contribution in [0.4, 0.5) is 8.78 Å².